The Balaban J connectivity index is 1.83. The number of aromatic nitrogens is 1. The molecule has 0 aromatic carbocycles. The molecule has 1 N–H and O–H groups in total. The zero-order valence-electron chi connectivity index (χ0n) is 13.1. The van der Waals surface area contributed by atoms with Crippen LogP contribution in [0.5, 0.6) is 0 Å². The molecule has 0 bridgehead atoms. The molecular weight excluding hydrogens is 282 g/mol. The van der Waals surface area contributed by atoms with E-state index >= 15 is 0 Å². The van der Waals surface area contributed by atoms with Gasteiger partial charge in [0.1, 0.15) is 0 Å². The molecule has 1 fully saturated rings. The number of amides is 1. The van der Waals surface area contributed by atoms with E-state index in [9.17, 15) is 4.79 Å². The Labute approximate surface area is 131 Å². The fourth-order valence-corrected chi connectivity index (χ4v) is 3.26. The predicted octanol–water partition coefficient (Wildman–Crippen LogP) is 2.65. The van der Waals surface area contributed by atoms with E-state index in [1.54, 1.807) is 24.0 Å². The lowest BCUT2D eigenvalue weighted by Gasteiger charge is -2.20. The second kappa shape index (κ2) is 7.80. The van der Waals surface area contributed by atoms with Crippen molar-refractivity contribution in [2.24, 2.45) is 5.92 Å². The van der Waals surface area contributed by atoms with E-state index < -0.39 is 0 Å². The van der Waals surface area contributed by atoms with Crippen LogP contribution in [0.3, 0.4) is 0 Å². The van der Waals surface area contributed by atoms with Gasteiger partial charge in [0.25, 0.3) is 5.91 Å². The molecule has 0 unspecified atom stereocenters. The molecule has 2 rings (SSSR count). The first-order chi connectivity index (χ1) is 10.1. The average Bonchev–Trinajstić information content (AvgIpc) is 2.94. The van der Waals surface area contributed by atoms with Gasteiger partial charge in [0.15, 0.2) is 0 Å². The van der Waals surface area contributed by atoms with Crippen LogP contribution in [0.25, 0.3) is 0 Å². The van der Waals surface area contributed by atoms with Crippen molar-refractivity contribution in [2.75, 3.05) is 25.4 Å². The number of nitrogens with one attached hydrogen (secondary N) is 1. The molecule has 0 aliphatic carbocycles. The smallest absolute Gasteiger partial charge is 0.251 e. The van der Waals surface area contributed by atoms with Crippen LogP contribution < -0.4 is 5.32 Å². The SMILES string of the molecule is CCSc1cc(C(=O)NC[C@H]2CCN(C(C)C)C2)ccn1. The van der Waals surface area contributed by atoms with E-state index in [-0.39, 0.29) is 5.91 Å². The maximum absolute atomic E-state index is 12.2. The van der Waals surface area contributed by atoms with Gasteiger partial charge in [0, 0.05) is 30.9 Å². The molecule has 1 aliphatic rings. The lowest BCUT2D eigenvalue weighted by molar-refractivity contribution is 0.0946. The van der Waals surface area contributed by atoms with Gasteiger partial charge in [-0.05, 0) is 50.6 Å². The number of likely N-dealkylation sites (tertiary alicyclic amines) is 1. The molecule has 1 aliphatic heterocycles. The highest BCUT2D eigenvalue weighted by molar-refractivity contribution is 7.99. The van der Waals surface area contributed by atoms with E-state index in [0.29, 0.717) is 17.5 Å². The Hall–Kier alpha value is -1.07. The van der Waals surface area contributed by atoms with Gasteiger partial charge in [-0.25, -0.2) is 4.98 Å². The summed E-state index contributed by atoms with van der Waals surface area (Å²) in [4.78, 5) is 18.9. The Morgan fingerprint density at radius 1 is 1.57 bits per heavy atom. The maximum Gasteiger partial charge on any atom is 0.251 e. The quantitative estimate of drug-likeness (QED) is 0.821. The molecule has 1 saturated heterocycles. The summed E-state index contributed by atoms with van der Waals surface area (Å²) in [6, 6.07) is 4.25. The van der Waals surface area contributed by atoms with Crippen LogP contribution in [0.1, 0.15) is 37.6 Å². The van der Waals surface area contributed by atoms with Crippen LogP contribution in [-0.2, 0) is 0 Å². The first kappa shape index (κ1) is 16.3. The van der Waals surface area contributed by atoms with Crippen LogP contribution in [-0.4, -0.2) is 47.2 Å². The molecule has 21 heavy (non-hydrogen) atoms. The molecule has 2 heterocycles. The summed E-state index contributed by atoms with van der Waals surface area (Å²) < 4.78 is 0. The number of nitrogens with zero attached hydrogens (tertiary/aromatic N) is 2. The zero-order chi connectivity index (χ0) is 15.2. The highest BCUT2D eigenvalue weighted by Crippen LogP contribution is 2.18. The number of carbonyl (C=O) groups excluding carboxylic acids is 1. The minimum Gasteiger partial charge on any atom is -0.352 e. The van der Waals surface area contributed by atoms with E-state index in [0.717, 1.165) is 30.4 Å². The minimum absolute atomic E-state index is 0.0124. The molecular formula is C16H25N3OS. The van der Waals surface area contributed by atoms with Crippen LogP contribution in [0.15, 0.2) is 23.4 Å². The lowest BCUT2D eigenvalue weighted by Crippen LogP contribution is -2.33. The first-order valence-electron chi connectivity index (χ1n) is 7.71. The molecule has 0 spiro atoms. The summed E-state index contributed by atoms with van der Waals surface area (Å²) in [6.45, 7) is 9.53. The van der Waals surface area contributed by atoms with Crippen molar-refractivity contribution >= 4 is 17.7 Å². The second-order valence-corrected chi connectivity index (χ2v) is 7.05. The van der Waals surface area contributed by atoms with Crippen molar-refractivity contribution < 1.29 is 4.79 Å². The Morgan fingerprint density at radius 3 is 3.05 bits per heavy atom. The predicted molar refractivity (Wildman–Crippen MR) is 87.8 cm³/mol. The van der Waals surface area contributed by atoms with E-state index in [1.807, 2.05) is 6.07 Å². The van der Waals surface area contributed by atoms with Gasteiger partial charge in [-0.2, -0.15) is 0 Å². The van der Waals surface area contributed by atoms with Crippen molar-refractivity contribution in [1.82, 2.24) is 15.2 Å². The van der Waals surface area contributed by atoms with Gasteiger partial charge in [-0.1, -0.05) is 6.92 Å². The third kappa shape index (κ3) is 4.71. The average molecular weight is 307 g/mol. The molecule has 1 atom stereocenters. The summed E-state index contributed by atoms with van der Waals surface area (Å²) >= 11 is 1.66. The molecule has 1 aromatic rings. The largest absolute Gasteiger partial charge is 0.352 e. The Morgan fingerprint density at radius 2 is 2.38 bits per heavy atom. The molecule has 1 amide bonds. The van der Waals surface area contributed by atoms with E-state index in [2.05, 4.69) is 36.0 Å². The van der Waals surface area contributed by atoms with Crippen molar-refractivity contribution in [2.45, 2.75) is 38.3 Å². The van der Waals surface area contributed by atoms with Crippen LogP contribution >= 0.6 is 11.8 Å². The summed E-state index contributed by atoms with van der Waals surface area (Å²) in [5, 5.41) is 3.98. The third-order valence-electron chi connectivity index (χ3n) is 3.89. The van der Waals surface area contributed by atoms with Gasteiger partial charge < -0.3 is 10.2 Å². The summed E-state index contributed by atoms with van der Waals surface area (Å²) in [7, 11) is 0. The Bertz CT molecular complexity index is 478. The molecule has 5 heteroatoms. The highest BCUT2D eigenvalue weighted by atomic mass is 32.2. The van der Waals surface area contributed by atoms with Gasteiger partial charge in [0.2, 0.25) is 0 Å². The van der Waals surface area contributed by atoms with Crippen LogP contribution in [0.4, 0.5) is 0 Å². The standard InChI is InChI=1S/C16H25N3OS/c1-4-21-15-9-14(5-7-17-15)16(20)18-10-13-6-8-19(11-13)12(2)3/h5,7,9,12-13H,4,6,8,10-11H2,1-3H3,(H,18,20)/t13-/m1/s1. The lowest BCUT2D eigenvalue weighted by atomic mass is 10.1. The van der Waals surface area contributed by atoms with Crippen LogP contribution in [0, 0.1) is 5.92 Å². The fourth-order valence-electron chi connectivity index (χ4n) is 2.61. The number of carbonyl (C=O) groups is 1. The fraction of sp³-hybridized carbons (Fsp3) is 0.625. The van der Waals surface area contributed by atoms with Gasteiger partial charge in [-0.15, -0.1) is 11.8 Å². The van der Waals surface area contributed by atoms with Crippen molar-refractivity contribution in [3.05, 3.63) is 23.9 Å². The number of thioether (sulfide) groups is 1. The normalized spacial score (nSPS) is 19.1. The highest BCUT2D eigenvalue weighted by Gasteiger charge is 2.24. The maximum atomic E-state index is 12.2. The van der Waals surface area contributed by atoms with Gasteiger partial charge >= 0.3 is 0 Å². The van der Waals surface area contributed by atoms with Crippen molar-refractivity contribution in [3.8, 4) is 0 Å². The molecule has 0 radical (unpaired) electrons. The number of hydrogen-bond acceptors (Lipinski definition) is 4. The summed E-state index contributed by atoms with van der Waals surface area (Å²) in [5.41, 5.74) is 0.708. The molecule has 0 saturated carbocycles. The number of hydrogen-bond donors (Lipinski definition) is 1. The van der Waals surface area contributed by atoms with E-state index in [4.69, 9.17) is 0 Å². The van der Waals surface area contributed by atoms with Gasteiger partial charge in [0.05, 0.1) is 5.03 Å². The van der Waals surface area contributed by atoms with Gasteiger partial charge in [-0.3, -0.25) is 4.79 Å². The Kier molecular flexibility index (Phi) is 6.06. The molecule has 116 valence electrons. The van der Waals surface area contributed by atoms with Crippen LogP contribution in [0.2, 0.25) is 0 Å². The van der Waals surface area contributed by atoms with Crippen molar-refractivity contribution in [1.29, 1.82) is 0 Å². The first-order valence-corrected chi connectivity index (χ1v) is 8.69. The summed E-state index contributed by atoms with van der Waals surface area (Å²) in [5.74, 6) is 1.55. The molecule has 4 nitrogen and oxygen atoms in total. The van der Waals surface area contributed by atoms with E-state index in [1.165, 1.54) is 6.42 Å². The number of pyridine rings is 1. The second-order valence-electron chi connectivity index (χ2n) is 5.77. The monoisotopic (exact) mass is 307 g/mol. The topological polar surface area (TPSA) is 45.2 Å². The summed E-state index contributed by atoms with van der Waals surface area (Å²) in [6.07, 6.45) is 2.88. The van der Waals surface area contributed by atoms with Crippen molar-refractivity contribution in [3.63, 3.8) is 0 Å². The minimum atomic E-state index is 0.0124. The zero-order valence-corrected chi connectivity index (χ0v) is 13.9. The number of rotatable bonds is 6. The third-order valence-corrected chi connectivity index (χ3v) is 4.70. The molecule has 1 aromatic heterocycles.